The van der Waals surface area contributed by atoms with Gasteiger partial charge in [0.1, 0.15) is 11.2 Å². The number of anilines is 3. The fourth-order valence-corrected chi connectivity index (χ4v) is 12.4. The molecule has 0 saturated carbocycles. The molecule has 0 aliphatic heterocycles. The van der Waals surface area contributed by atoms with Crippen LogP contribution in [0.15, 0.2) is 265 Å². The molecule has 0 fully saturated rings. The minimum atomic E-state index is 0.851. The van der Waals surface area contributed by atoms with E-state index in [9.17, 15) is 0 Å². The molecule has 73 heavy (non-hydrogen) atoms. The van der Waals surface area contributed by atoms with E-state index in [1.807, 2.05) is 11.3 Å². The van der Waals surface area contributed by atoms with E-state index in [2.05, 4.69) is 266 Å². The molecule has 0 bridgehead atoms. The third kappa shape index (κ3) is 7.74. The molecule has 2 nitrogen and oxygen atoms in total. The van der Waals surface area contributed by atoms with E-state index in [1.54, 1.807) is 0 Å². The molecule has 2 aromatic heterocycles. The van der Waals surface area contributed by atoms with Gasteiger partial charge in [0.05, 0.1) is 0 Å². The van der Waals surface area contributed by atoms with E-state index < -0.39 is 0 Å². The van der Waals surface area contributed by atoms with Gasteiger partial charge in [0.25, 0.3) is 0 Å². The quantitative estimate of drug-likeness (QED) is 0.143. The molecule has 0 atom stereocenters. The molecule has 13 aromatic rings. The summed E-state index contributed by atoms with van der Waals surface area (Å²) in [5.41, 5.74) is 19.5. The van der Waals surface area contributed by atoms with Crippen LogP contribution < -0.4 is 4.90 Å². The Hall–Kier alpha value is -9.02. The number of hydrogen-bond donors (Lipinski definition) is 0. The van der Waals surface area contributed by atoms with Crippen molar-refractivity contribution in [3.8, 4) is 44.5 Å². The van der Waals surface area contributed by atoms with Crippen LogP contribution in [0.5, 0.6) is 0 Å². The normalized spacial score (nSPS) is 12.7. The summed E-state index contributed by atoms with van der Waals surface area (Å²) in [6.07, 6.45) is 6.57. The second kappa shape index (κ2) is 18.0. The molecular formula is C70H47NOS. The van der Waals surface area contributed by atoms with Crippen LogP contribution >= 0.6 is 11.3 Å². The summed E-state index contributed by atoms with van der Waals surface area (Å²) < 4.78 is 9.67. The Labute approximate surface area is 428 Å². The first-order valence-electron chi connectivity index (χ1n) is 25.2. The summed E-state index contributed by atoms with van der Waals surface area (Å²) >= 11 is 1.86. The average molecular weight is 950 g/mol. The lowest BCUT2D eigenvalue weighted by Gasteiger charge is -2.27. The molecule has 0 N–H and O–H groups in total. The van der Waals surface area contributed by atoms with Gasteiger partial charge >= 0.3 is 0 Å². The molecule has 344 valence electrons. The largest absolute Gasteiger partial charge is 0.456 e. The first kappa shape index (κ1) is 42.8. The van der Waals surface area contributed by atoms with Crippen LogP contribution in [0.4, 0.5) is 17.1 Å². The number of benzene rings is 11. The Kier molecular flexibility index (Phi) is 10.6. The lowest BCUT2D eigenvalue weighted by molar-refractivity contribution is 0.669. The van der Waals surface area contributed by atoms with E-state index in [1.165, 1.54) is 92.2 Å². The van der Waals surface area contributed by atoms with Crippen LogP contribution in [0, 0.1) is 0 Å². The minimum absolute atomic E-state index is 0.851. The summed E-state index contributed by atoms with van der Waals surface area (Å²) in [5.74, 6) is 0. The second-order valence-corrected chi connectivity index (χ2v) is 20.2. The number of hydrogen-bond acceptors (Lipinski definition) is 3. The number of allylic oxidation sites excluding steroid dienone is 4. The van der Waals surface area contributed by atoms with Crippen molar-refractivity contribution in [2.75, 3.05) is 4.90 Å². The van der Waals surface area contributed by atoms with Crippen LogP contribution in [0.1, 0.15) is 24.0 Å². The van der Waals surface area contributed by atoms with Crippen LogP contribution in [-0.4, -0.2) is 0 Å². The molecule has 0 radical (unpaired) electrons. The van der Waals surface area contributed by atoms with Crippen LogP contribution in [0.2, 0.25) is 0 Å². The number of rotatable bonds is 9. The summed E-state index contributed by atoms with van der Waals surface area (Å²) in [7, 11) is 0. The molecule has 11 aromatic carbocycles. The summed E-state index contributed by atoms with van der Waals surface area (Å²) in [5, 5.41) is 7.33. The first-order chi connectivity index (χ1) is 36.2. The van der Waals surface area contributed by atoms with Crippen LogP contribution in [0.3, 0.4) is 0 Å². The molecule has 2 heterocycles. The highest BCUT2D eigenvalue weighted by atomic mass is 32.1. The van der Waals surface area contributed by atoms with E-state index in [-0.39, 0.29) is 0 Å². The Morgan fingerprint density at radius 1 is 0.315 bits per heavy atom. The SMILES string of the molecule is C1=C(c2ccccc2)CCC(c2cc(-c3ccccc3)cc3oc4cc(N(c5ccc(-c6cccc7ccccc67)cc5)c5ccc(-c6ccccc6)c(-c6ccc7c(c6)sc6ccccc67)c5)ccc4c23)=C1. The summed E-state index contributed by atoms with van der Waals surface area (Å²) in [6.45, 7) is 0. The number of fused-ring (bicyclic) bond motifs is 7. The highest BCUT2D eigenvalue weighted by Gasteiger charge is 2.22. The molecule has 0 amide bonds. The van der Waals surface area contributed by atoms with Gasteiger partial charge in [-0.05, 0) is 151 Å². The van der Waals surface area contributed by atoms with Crippen molar-refractivity contribution in [3.05, 3.63) is 272 Å². The van der Waals surface area contributed by atoms with Gasteiger partial charge < -0.3 is 9.32 Å². The molecule has 0 unspecified atom stereocenters. The molecule has 14 rings (SSSR count). The maximum absolute atomic E-state index is 7.08. The van der Waals surface area contributed by atoms with Crippen molar-refractivity contribution in [1.29, 1.82) is 0 Å². The topological polar surface area (TPSA) is 16.4 Å². The van der Waals surface area contributed by atoms with E-state index in [0.29, 0.717) is 0 Å². The van der Waals surface area contributed by atoms with Gasteiger partial charge in [0.15, 0.2) is 0 Å². The van der Waals surface area contributed by atoms with Gasteiger partial charge in [-0.25, -0.2) is 0 Å². The number of nitrogens with zero attached hydrogens (tertiary/aromatic N) is 1. The van der Waals surface area contributed by atoms with Crippen molar-refractivity contribution >= 4 is 92.4 Å². The van der Waals surface area contributed by atoms with E-state index in [4.69, 9.17) is 4.42 Å². The molecule has 3 heteroatoms. The maximum atomic E-state index is 7.08. The van der Waals surface area contributed by atoms with Gasteiger partial charge in [-0.1, -0.05) is 194 Å². The Bertz CT molecular complexity index is 4290. The van der Waals surface area contributed by atoms with Crippen molar-refractivity contribution < 1.29 is 4.42 Å². The van der Waals surface area contributed by atoms with Gasteiger partial charge in [-0.2, -0.15) is 0 Å². The van der Waals surface area contributed by atoms with Crippen molar-refractivity contribution in [3.63, 3.8) is 0 Å². The standard InChI is InChI=1S/C70H47NOS/c1-4-15-46(16-5-1)48-27-29-52(30-28-48)65-41-54(47-17-6-2-7-18-47)42-67-70(65)63-40-37-57(45-66(63)72-67)71(55-34-31-51(32-35-55)59-25-14-22-50-21-10-11-23-58(50)59)56-36-39-60(49-19-8-3-9-20-49)64(44-56)53-33-38-62-61-24-12-13-26-68(61)73-69(62)43-53/h1-27,29,31-45H,28,30H2. The van der Waals surface area contributed by atoms with Gasteiger partial charge in [-0.15, -0.1) is 11.3 Å². The zero-order valence-corrected chi connectivity index (χ0v) is 40.8. The van der Waals surface area contributed by atoms with Gasteiger partial charge in [0.2, 0.25) is 0 Å². The van der Waals surface area contributed by atoms with Gasteiger partial charge in [0, 0.05) is 54.1 Å². The third-order valence-electron chi connectivity index (χ3n) is 14.8. The van der Waals surface area contributed by atoms with Crippen molar-refractivity contribution in [1.82, 2.24) is 0 Å². The smallest absolute Gasteiger partial charge is 0.137 e. The molecular weight excluding hydrogens is 903 g/mol. The highest BCUT2D eigenvalue weighted by molar-refractivity contribution is 7.25. The zero-order chi connectivity index (χ0) is 48.2. The number of thiophene rings is 1. The molecule has 0 saturated heterocycles. The third-order valence-corrected chi connectivity index (χ3v) is 16.0. The van der Waals surface area contributed by atoms with E-state index >= 15 is 0 Å². The predicted molar refractivity (Wildman–Crippen MR) is 312 cm³/mol. The zero-order valence-electron chi connectivity index (χ0n) is 40.0. The molecule has 1 aliphatic rings. The monoisotopic (exact) mass is 949 g/mol. The van der Waals surface area contributed by atoms with Crippen molar-refractivity contribution in [2.45, 2.75) is 12.8 Å². The minimum Gasteiger partial charge on any atom is -0.456 e. The first-order valence-corrected chi connectivity index (χ1v) is 26.0. The van der Waals surface area contributed by atoms with Crippen LogP contribution in [0.25, 0.3) is 109 Å². The predicted octanol–water partition coefficient (Wildman–Crippen LogP) is 20.5. The Morgan fingerprint density at radius 3 is 1.71 bits per heavy atom. The fraction of sp³-hybridized carbons (Fsp3) is 0.0286. The van der Waals surface area contributed by atoms with Crippen molar-refractivity contribution in [2.24, 2.45) is 0 Å². The van der Waals surface area contributed by atoms with Crippen LogP contribution in [-0.2, 0) is 0 Å². The lowest BCUT2D eigenvalue weighted by atomic mass is 9.87. The Balaban J connectivity index is 0.953. The fourth-order valence-electron chi connectivity index (χ4n) is 11.2. The summed E-state index contributed by atoms with van der Waals surface area (Å²) in [6, 6.07) is 90.7. The highest BCUT2D eigenvalue weighted by Crippen LogP contribution is 2.47. The summed E-state index contributed by atoms with van der Waals surface area (Å²) in [4.78, 5) is 2.39. The average Bonchev–Trinajstić information content (AvgIpc) is 4.03. The lowest BCUT2D eigenvalue weighted by Crippen LogP contribution is -2.10. The molecule has 1 aliphatic carbocycles. The maximum Gasteiger partial charge on any atom is 0.137 e. The number of furan rings is 1. The second-order valence-electron chi connectivity index (χ2n) is 19.1. The van der Waals surface area contributed by atoms with Gasteiger partial charge in [-0.3, -0.25) is 0 Å². The Morgan fingerprint density at radius 2 is 0.918 bits per heavy atom. The van der Waals surface area contributed by atoms with E-state index in [0.717, 1.165) is 57.4 Å². The molecule has 0 spiro atoms.